The molecule has 7 heteroatoms. The summed E-state index contributed by atoms with van der Waals surface area (Å²) in [5, 5.41) is 22.2. The quantitative estimate of drug-likeness (QED) is 0.570. The average molecular weight is 240 g/mol. The first-order valence-electron chi connectivity index (χ1n) is 4.78. The number of rotatable bonds is 6. The van der Waals surface area contributed by atoms with Crippen LogP contribution in [0.4, 0.5) is 11.4 Å². The zero-order valence-electron chi connectivity index (χ0n) is 9.12. The van der Waals surface area contributed by atoms with E-state index < -0.39 is 16.9 Å². The van der Waals surface area contributed by atoms with Crippen LogP contribution >= 0.6 is 0 Å². The predicted molar refractivity (Wildman–Crippen MR) is 60.0 cm³/mol. The maximum atomic E-state index is 10.9. The molecule has 1 rings (SSSR count). The molecule has 7 nitrogen and oxygen atoms in total. The van der Waals surface area contributed by atoms with Gasteiger partial charge in [0.2, 0.25) is 0 Å². The number of ether oxygens (including phenoxy) is 1. The highest BCUT2D eigenvalue weighted by Crippen LogP contribution is 2.23. The van der Waals surface area contributed by atoms with Gasteiger partial charge in [-0.25, -0.2) is 4.79 Å². The minimum absolute atomic E-state index is 0.0820. The minimum atomic E-state index is -1.13. The summed E-state index contributed by atoms with van der Waals surface area (Å²) in [6, 6.07) is 4.81. The lowest BCUT2D eigenvalue weighted by molar-refractivity contribution is -0.384. The predicted octanol–water partition coefficient (Wildman–Crippen LogP) is 1.11. The van der Waals surface area contributed by atoms with Crippen LogP contribution in [0.25, 0.3) is 0 Å². The van der Waals surface area contributed by atoms with Gasteiger partial charge in [0.1, 0.15) is 11.7 Å². The number of anilines is 1. The number of hydrogen-bond donors (Lipinski definition) is 2. The number of carboxylic acid groups (broad SMARTS) is 1. The number of nitro benzene ring substituents is 1. The first-order valence-corrected chi connectivity index (χ1v) is 4.78. The number of nitrogens with zero attached hydrogens (tertiary/aromatic N) is 1. The van der Waals surface area contributed by atoms with E-state index in [1.54, 1.807) is 6.07 Å². The second kappa shape index (κ2) is 5.80. The Morgan fingerprint density at radius 3 is 2.76 bits per heavy atom. The summed E-state index contributed by atoms with van der Waals surface area (Å²) in [6.07, 6.45) is 0. The molecular weight excluding hydrogens is 228 g/mol. The molecule has 17 heavy (non-hydrogen) atoms. The van der Waals surface area contributed by atoms with Crippen LogP contribution in [0.15, 0.2) is 24.3 Å². The molecule has 0 aliphatic carbocycles. The molecule has 1 atom stereocenters. The standard InChI is InChI=1S/C10H12N2O5/c1-17-6-8(10(13)14)11-7-4-2-3-5-9(7)12(15)16/h2-5,8,11H,6H2,1H3,(H,13,14). The Kier molecular flexibility index (Phi) is 4.41. The number of methoxy groups -OCH3 is 1. The Morgan fingerprint density at radius 2 is 2.24 bits per heavy atom. The van der Waals surface area contributed by atoms with E-state index in [4.69, 9.17) is 9.84 Å². The van der Waals surface area contributed by atoms with Gasteiger partial charge in [0.15, 0.2) is 0 Å². The smallest absolute Gasteiger partial charge is 0.328 e. The van der Waals surface area contributed by atoms with Crippen molar-refractivity contribution in [2.24, 2.45) is 0 Å². The number of benzene rings is 1. The Hall–Kier alpha value is -2.15. The molecule has 0 heterocycles. The van der Waals surface area contributed by atoms with Gasteiger partial charge >= 0.3 is 5.97 Å². The fraction of sp³-hybridized carbons (Fsp3) is 0.300. The van der Waals surface area contributed by atoms with E-state index in [9.17, 15) is 14.9 Å². The summed E-state index contributed by atoms with van der Waals surface area (Å²) in [4.78, 5) is 21.0. The lowest BCUT2D eigenvalue weighted by Crippen LogP contribution is -2.33. The Labute approximate surface area is 97.2 Å². The van der Waals surface area contributed by atoms with E-state index in [0.717, 1.165) is 0 Å². The molecule has 0 aliphatic heterocycles. The molecule has 0 radical (unpaired) electrons. The van der Waals surface area contributed by atoms with Crippen molar-refractivity contribution in [1.82, 2.24) is 0 Å². The van der Waals surface area contributed by atoms with Crippen LogP contribution in [0.1, 0.15) is 0 Å². The molecule has 0 bridgehead atoms. The number of nitro groups is 1. The molecule has 0 saturated carbocycles. The van der Waals surface area contributed by atoms with Crippen molar-refractivity contribution in [2.45, 2.75) is 6.04 Å². The molecular formula is C10H12N2O5. The van der Waals surface area contributed by atoms with Crippen LogP contribution in [0.3, 0.4) is 0 Å². The third-order valence-corrected chi connectivity index (χ3v) is 2.06. The SMILES string of the molecule is COCC(Nc1ccccc1[N+](=O)[O-])C(=O)O. The van der Waals surface area contributed by atoms with Crippen LogP contribution in [0.2, 0.25) is 0 Å². The fourth-order valence-electron chi connectivity index (χ4n) is 1.28. The summed E-state index contributed by atoms with van der Waals surface area (Å²) in [5.74, 6) is -1.13. The van der Waals surface area contributed by atoms with Gasteiger partial charge < -0.3 is 15.2 Å². The number of carboxylic acids is 1. The summed E-state index contributed by atoms with van der Waals surface area (Å²) in [7, 11) is 1.36. The van der Waals surface area contributed by atoms with E-state index in [2.05, 4.69) is 5.32 Å². The number of para-hydroxylation sites is 2. The molecule has 0 fully saturated rings. The van der Waals surface area contributed by atoms with Gasteiger partial charge in [-0.15, -0.1) is 0 Å². The average Bonchev–Trinajstić information content (AvgIpc) is 2.28. The first-order chi connectivity index (χ1) is 8.06. The zero-order valence-corrected chi connectivity index (χ0v) is 9.12. The number of carbonyl (C=O) groups is 1. The largest absolute Gasteiger partial charge is 0.480 e. The van der Waals surface area contributed by atoms with Gasteiger partial charge in [0.25, 0.3) is 5.69 Å². The summed E-state index contributed by atoms with van der Waals surface area (Å²) in [6.45, 7) is -0.0820. The van der Waals surface area contributed by atoms with Gasteiger partial charge in [0, 0.05) is 13.2 Å². The molecule has 1 aromatic rings. The maximum absolute atomic E-state index is 10.9. The number of hydrogen-bond acceptors (Lipinski definition) is 5. The normalized spacial score (nSPS) is 11.8. The van der Waals surface area contributed by atoms with E-state index in [-0.39, 0.29) is 18.0 Å². The van der Waals surface area contributed by atoms with Crippen molar-refractivity contribution in [3.05, 3.63) is 34.4 Å². The van der Waals surface area contributed by atoms with Crippen molar-refractivity contribution in [3.63, 3.8) is 0 Å². The second-order valence-corrected chi connectivity index (χ2v) is 3.26. The van der Waals surface area contributed by atoms with E-state index >= 15 is 0 Å². The highest BCUT2D eigenvalue weighted by Gasteiger charge is 2.21. The number of nitrogens with one attached hydrogen (secondary N) is 1. The van der Waals surface area contributed by atoms with Gasteiger partial charge in [-0.3, -0.25) is 10.1 Å². The van der Waals surface area contributed by atoms with Crippen LogP contribution in [0.5, 0.6) is 0 Å². The molecule has 1 unspecified atom stereocenters. The molecule has 92 valence electrons. The highest BCUT2D eigenvalue weighted by molar-refractivity contribution is 5.79. The van der Waals surface area contributed by atoms with Gasteiger partial charge in [-0.05, 0) is 6.07 Å². The third-order valence-electron chi connectivity index (χ3n) is 2.06. The summed E-state index contributed by atoms with van der Waals surface area (Å²) in [5.41, 5.74) is -0.0168. The maximum Gasteiger partial charge on any atom is 0.328 e. The molecule has 0 aromatic heterocycles. The number of aliphatic carboxylic acids is 1. The monoisotopic (exact) mass is 240 g/mol. The summed E-state index contributed by atoms with van der Waals surface area (Å²) < 4.78 is 4.72. The van der Waals surface area contributed by atoms with Gasteiger partial charge in [-0.1, -0.05) is 12.1 Å². The van der Waals surface area contributed by atoms with Crippen LogP contribution in [-0.4, -0.2) is 35.8 Å². The third kappa shape index (κ3) is 3.42. The fourth-order valence-corrected chi connectivity index (χ4v) is 1.28. The molecule has 0 spiro atoms. The lowest BCUT2D eigenvalue weighted by atomic mass is 10.2. The molecule has 0 saturated heterocycles. The summed E-state index contributed by atoms with van der Waals surface area (Å²) >= 11 is 0. The minimum Gasteiger partial charge on any atom is -0.480 e. The van der Waals surface area contributed by atoms with Crippen LogP contribution < -0.4 is 5.32 Å². The van der Waals surface area contributed by atoms with Crippen LogP contribution in [-0.2, 0) is 9.53 Å². The van der Waals surface area contributed by atoms with Crippen molar-refractivity contribution in [3.8, 4) is 0 Å². The first kappa shape index (κ1) is 12.9. The van der Waals surface area contributed by atoms with Crippen molar-refractivity contribution in [2.75, 3.05) is 19.0 Å². The molecule has 2 N–H and O–H groups in total. The highest BCUT2D eigenvalue weighted by atomic mass is 16.6. The lowest BCUT2D eigenvalue weighted by Gasteiger charge is -2.14. The van der Waals surface area contributed by atoms with Crippen molar-refractivity contribution < 1.29 is 19.6 Å². The van der Waals surface area contributed by atoms with Gasteiger partial charge in [0.05, 0.1) is 11.5 Å². The van der Waals surface area contributed by atoms with Crippen molar-refractivity contribution >= 4 is 17.3 Å². The second-order valence-electron chi connectivity index (χ2n) is 3.26. The zero-order chi connectivity index (χ0) is 12.8. The Bertz CT molecular complexity index is 421. The Balaban J connectivity index is 2.92. The topological polar surface area (TPSA) is 102 Å². The van der Waals surface area contributed by atoms with E-state index in [1.165, 1.54) is 25.3 Å². The van der Waals surface area contributed by atoms with Crippen LogP contribution in [0, 0.1) is 10.1 Å². The van der Waals surface area contributed by atoms with E-state index in [0.29, 0.717) is 0 Å². The molecule has 0 amide bonds. The molecule has 0 aliphatic rings. The van der Waals surface area contributed by atoms with Gasteiger partial charge in [-0.2, -0.15) is 0 Å². The van der Waals surface area contributed by atoms with Crippen molar-refractivity contribution in [1.29, 1.82) is 0 Å². The molecule has 1 aromatic carbocycles. The Morgan fingerprint density at radius 1 is 1.59 bits per heavy atom. The van der Waals surface area contributed by atoms with E-state index in [1.807, 2.05) is 0 Å².